The fourth-order valence-electron chi connectivity index (χ4n) is 4.49. The van der Waals surface area contributed by atoms with Gasteiger partial charge < -0.3 is 5.32 Å². The van der Waals surface area contributed by atoms with E-state index in [2.05, 4.69) is 37.6 Å². The highest BCUT2D eigenvalue weighted by atomic mass is 32.1. The van der Waals surface area contributed by atoms with Crippen LogP contribution in [0.15, 0.2) is 54.9 Å². The van der Waals surface area contributed by atoms with Crippen molar-refractivity contribution < 1.29 is 14.4 Å². The van der Waals surface area contributed by atoms with Gasteiger partial charge >= 0.3 is 0 Å². The first-order chi connectivity index (χ1) is 16.5. The molecular formula is C25H25N5O3S. The number of carbonyl (C=O) groups is 3. The molecule has 1 aliphatic carbocycles. The number of nitrogens with zero attached hydrogens (tertiary/aromatic N) is 3. The number of hydrogen-bond acceptors (Lipinski definition) is 7. The van der Waals surface area contributed by atoms with Crippen LogP contribution in [-0.4, -0.2) is 51.6 Å². The minimum Gasteiger partial charge on any atom is -0.352 e. The lowest BCUT2D eigenvalue weighted by atomic mass is 9.89. The third-order valence-electron chi connectivity index (χ3n) is 6.20. The summed E-state index contributed by atoms with van der Waals surface area (Å²) in [7, 11) is 0. The third kappa shape index (κ3) is 5.05. The van der Waals surface area contributed by atoms with Crippen molar-refractivity contribution in [2.24, 2.45) is 5.92 Å². The van der Waals surface area contributed by atoms with Crippen LogP contribution in [0.5, 0.6) is 0 Å². The van der Waals surface area contributed by atoms with Gasteiger partial charge in [-0.25, -0.2) is 4.98 Å². The fourth-order valence-corrected chi connectivity index (χ4v) is 5.43. The summed E-state index contributed by atoms with van der Waals surface area (Å²) >= 11 is 1.16. The van der Waals surface area contributed by atoms with E-state index in [1.165, 1.54) is 11.8 Å². The van der Waals surface area contributed by atoms with Crippen LogP contribution in [0, 0.1) is 5.92 Å². The summed E-state index contributed by atoms with van der Waals surface area (Å²) in [6.07, 6.45) is 4.52. The number of Topliss-reactive ketones (excluding diaryl/α,β-unsaturated/α-hetero) is 1. The van der Waals surface area contributed by atoms with Gasteiger partial charge in [0.15, 0.2) is 10.9 Å². The van der Waals surface area contributed by atoms with Crippen molar-refractivity contribution in [3.8, 4) is 0 Å². The second-order valence-electron chi connectivity index (χ2n) is 8.73. The summed E-state index contributed by atoms with van der Waals surface area (Å²) in [4.78, 5) is 49.3. The number of anilines is 1. The Kier molecular flexibility index (Phi) is 6.46. The number of pyridine rings is 1. The van der Waals surface area contributed by atoms with Crippen molar-refractivity contribution in [2.45, 2.75) is 31.8 Å². The second kappa shape index (κ2) is 9.82. The molecule has 8 nitrogen and oxygen atoms in total. The average molecular weight is 476 g/mol. The summed E-state index contributed by atoms with van der Waals surface area (Å²) in [5.41, 5.74) is 2.26. The number of thiazole rings is 1. The van der Waals surface area contributed by atoms with Crippen molar-refractivity contribution in [3.05, 3.63) is 76.6 Å². The zero-order valence-corrected chi connectivity index (χ0v) is 19.4. The van der Waals surface area contributed by atoms with E-state index in [9.17, 15) is 14.4 Å². The molecule has 3 heterocycles. The van der Waals surface area contributed by atoms with Crippen molar-refractivity contribution >= 4 is 34.1 Å². The number of carbonyl (C=O) groups excluding carboxylic acids is 3. The van der Waals surface area contributed by atoms with Gasteiger partial charge in [-0.05, 0) is 24.1 Å². The average Bonchev–Trinajstić information content (AvgIpc) is 3.46. The third-order valence-corrected chi connectivity index (χ3v) is 7.26. The molecule has 174 valence electrons. The van der Waals surface area contributed by atoms with Gasteiger partial charge in [0.05, 0.1) is 22.1 Å². The number of benzene rings is 1. The van der Waals surface area contributed by atoms with Crippen LogP contribution in [0.25, 0.3) is 0 Å². The molecule has 34 heavy (non-hydrogen) atoms. The van der Waals surface area contributed by atoms with Gasteiger partial charge in [-0.1, -0.05) is 41.7 Å². The van der Waals surface area contributed by atoms with E-state index < -0.39 is 5.92 Å². The highest BCUT2D eigenvalue weighted by Crippen LogP contribution is 2.32. The summed E-state index contributed by atoms with van der Waals surface area (Å²) in [6, 6.07) is 13.7. The lowest BCUT2D eigenvalue weighted by Gasteiger charge is -2.22. The molecular weight excluding hydrogens is 450 g/mol. The standard InChI is InChI=1S/C25H25N5O3S/c31-21-12-18(24(33)27-19-8-10-30(15-19)14-16-5-2-1-3-6-16)11-20-22(21)34-25(28-20)29-23(32)17-7-4-9-26-13-17/h1-7,9,13,18-19H,8,10-12,14-15H2,(H,27,33)(H,28,29,32). The Morgan fingerprint density at radius 1 is 1.12 bits per heavy atom. The van der Waals surface area contributed by atoms with Crippen LogP contribution in [0.3, 0.4) is 0 Å². The van der Waals surface area contributed by atoms with E-state index in [0.29, 0.717) is 27.7 Å². The molecule has 1 fully saturated rings. The molecule has 5 rings (SSSR count). The Morgan fingerprint density at radius 3 is 2.76 bits per heavy atom. The molecule has 9 heteroatoms. The lowest BCUT2D eigenvalue weighted by Crippen LogP contribution is -2.42. The lowest BCUT2D eigenvalue weighted by molar-refractivity contribution is -0.125. The Bertz CT molecular complexity index is 1200. The smallest absolute Gasteiger partial charge is 0.259 e. The van der Waals surface area contributed by atoms with E-state index >= 15 is 0 Å². The minimum absolute atomic E-state index is 0.0810. The summed E-state index contributed by atoms with van der Waals surface area (Å²) < 4.78 is 0. The van der Waals surface area contributed by atoms with Gasteiger partial charge in [0, 0.05) is 50.9 Å². The number of amides is 2. The number of likely N-dealkylation sites (tertiary alicyclic amines) is 1. The first-order valence-electron chi connectivity index (χ1n) is 11.4. The molecule has 1 aliphatic heterocycles. The fraction of sp³-hybridized carbons (Fsp3) is 0.320. The predicted molar refractivity (Wildman–Crippen MR) is 129 cm³/mol. The highest BCUT2D eigenvalue weighted by Gasteiger charge is 2.35. The van der Waals surface area contributed by atoms with E-state index in [0.717, 1.165) is 37.4 Å². The van der Waals surface area contributed by atoms with Crippen molar-refractivity contribution in [3.63, 3.8) is 0 Å². The molecule has 2 unspecified atom stereocenters. The number of fused-ring (bicyclic) bond motifs is 1. The summed E-state index contributed by atoms with van der Waals surface area (Å²) in [5.74, 6) is -0.966. The SMILES string of the molecule is O=C(Nc1nc2c(s1)C(=O)CC(C(=O)NC1CCN(Cc3ccccc3)C1)C2)c1cccnc1. The monoisotopic (exact) mass is 475 g/mol. The van der Waals surface area contributed by atoms with Crippen LogP contribution in [0.2, 0.25) is 0 Å². The largest absolute Gasteiger partial charge is 0.352 e. The molecule has 0 radical (unpaired) electrons. The molecule has 2 aliphatic rings. The quantitative estimate of drug-likeness (QED) is 0.568. The molecule has 2 amide bonds. The van der Waals surface area contributed by atoms with E-state index in [-0.39, 0.29) is 30.1 Å². The second-order valence-corrected chi connectivity index (χ2v) is 9.73. The topological polar surface area (TPSA) is 104 Å². The van der Waals surface area contributed by atoms with E-state index in [4.69, 9.17) is 0 Å². The zero-order valence-electron chi connectivity index (χ0n) is 18.6. The van der Waals surface area contributed by atoms with Crippen molar-refractivity contribution in [1.82, 2.24) is 20.2 Å². The Morgan fingerprint density at radius 2 is 1.97 bits per heavy atom. The molecule has 0 saturated carbocycles. The van der Waals surface area contributed by atoms with Crippen molar-refractivity contribution in [1.29, 1.82) is 0 Å². The maximum absolute atomic E-state index is 13.0. The van der Waals surface area contributed by atoms with Crippen LogP contribution in [-0.2, 0) is 17.8 Å². The van der Waals surface area contributed by atoms with E-state index in [1.807, 2.05) is 18.2 Å². The Hall–Kier alpha value is -3.43. The molecule has 2 atom stereocenters. The molecule has 0 bridgehead atoms. The van der Waals surface area contributed by atoms with E-state index in [1.54, 1.807) is 18.3 Å². The van der Waals surface area contributed by atoms with Gasteiger partial charge in [-0.3, -0.25) is 29.6 Å². The molecule has 2 aromatic heterocycles. The highest BCUT2D eigenvalue weighted by molar-refractivity contribution is 7.17. The number of hydrogen-bond donors (Lipinski definition) is 2. The maximum atomic E-state index is 13.0. The number of aromatic nitrogens is 2. The van der Waals surface area contributed by atoms with Crippen LogP contribution in [0.4, 0.5) is 5.13 Å². The molecule has 1 aromatic carbocycles. The minimum atomic E-state index is -0.438. The molecule has 2 N–H and O–H groups in total. The van der Waals surface area contributed by atoms with Crippen molar-refractivity contribution in [2.75, 3.05) is 18.4 Å². The Balaban J connectivity index is 1.17. The van der Waals surface area contributed by atoms with Crippen LogP contribution >= 0.6 is 11.3 Å². The number of ketones is 1. The van der Waals surface area contributed by atoms with Crippen LogP contribution < -0.4 is 10.6 Å². The maximum Gasteiger partial charge on any atom is 0.259 e. The zero-order chi connectivity index (χ0) is 23.5. The molecule has 1 saturated heterocycles. The number of nitrogens with one attached hydrogen (secondary N) is 2. The van der Waals surface area contributed by atoms with Gasteiger partial charge in [0.1, 0.15) is 0 Å². The van der Waals surface area contributed by atoms with Gasteiger partial charge in [-0.2, -0.15) is 0 Å². The normalized spacial score (nSPS) is 20.1. The van der Waals surface area contributed by atoms with Gasteiger partial charge in [0.2, 0.25) is 5.91 Å². The van der Waals surface area contributed by atoms with Gasteiger partial charge in [-0.15, -0.1) is 0 Å². The molecule has 3 aromatic rings. The summed E-state index contributed by atoms with van der Waals surface area (Å²) in [6.45, 7) is 2.60. The number of rotatable bonds is 6. The van der Waals surface area contributed by atoms with Gasteiger partial charge in [0.25, 0.3) is 5.91 Å². The first kappa shape index (κ1) is 22.4. The summed E-state index contributed by atoms with van der Waals surface area (Å²) in [5, 5.41) is 6.24. The Labute approximate surface area is 201 Å². The van der Waals surface area contributed by atoms with Crippen LogP contribution in [0.1, 0.15) is 44.1 Å². The first-order valence-corrected chi connectivity index (χ1v) is 12.2. The molecule has 0 spiro atoms. The predicted octanol–water partition coefficient (Wildman–Crippen LogP) is 2.93.